The number of halogens is 1. The van der Waals surface area contributed by atoms with Crippen molar-refractivity contribution < 1.29 is 14.7 Å². The predicted octanol–water partition coefficient (Wildman–Crippen LogP) is 4.44. The van der Waals surface area contributed by atoms with Crippen molar-refractivity contribution in [1.29, 1.82) is 0 Å². The molecule has 2 amide bonds. The number of aromatic nitrogens is 3. The van der Waals surface area contributed by atoms with Crippen molar-refractivity contribution in [2.24, 2.45) is 7.05 Å². The number of anilines is 2. The number of nitrogens with one attached hydrogen (secondary N) is 2. The minimum Gasteiger partial charge on any atom is -0.394 e. The van der Waals surface area contributed by atoms with Crippen LogP contribution in [0.3, 0.4) is 0 Å². The van der Waals surface area contributed by atoms with Crippen molar-refractivity contribution in [2.45, 2.75) is 32.5 Å². The van der Waals surface area contributed by atoms with E-state index >= 15 is 0 Å². The Bertz CT molecular complexity index is 1520. The molecule has 0 fully saturated rings. The predicted molar refractivity (Wildman–Crippen MR) is 148 cm³/mol. The topological polar surface area (TPSA) is 112 Å². The molecule has 4 heterocycles. The van der Waals surface area contributed by atoms with E-state index in [0.717, 1.165) is 27.4 Å². The maximum absolute atomic E-state index is 13.3. The summed E-state index contributed by atoms with van der Waals surface area (Å²) < 4.78 is 1.73. The summed E-state index contributed by atoms with van der Waals surface area (Å²) in [7, 11) is 1.85. The Labute approximate surface area is 229 Å². The number of thiophene rings is 1. The molecule has 196 valence electrons. The zero-order valence-electron chi connectivity index (χ0n) is 21.1. The van der Waals surface area contributed by atoms with Crippen LogP contribution in [0.2, 0.25) is 5.02 Å². The van der Waals surface area contributed by atoms with Crippen molar-refractivity contribution in [3.8, 4) is 10.4 Å². The smallest absolute Gasteiger partial charge is 0.265 e. The Balaban J connectivity index is 1.30. The van der Waals surface area contributed by atoms with Crippen LogP contribution in [0.25, 0.3) is 10.4 Å². The molecule has 0 aliphatic carbocycles. The Hall–Kier alpha value is -3.73. The van der Waals surface area contributed by atoms with Gasteiger partial charge in [0, 0.05) is 35.8 Å². The van der Waals surface area contributed by atoms with Gasteiger partial charge in [-0.2, -0.15) is 5.10 Å². The van der Waals surface area contributed by atoms with Gasteiger partial charge in [0.1, 0.15) is 17.7 Å². The molecule has 3 aromatic heterocycles. The number of amides is 2. The van der Waals surface area contributed by atoms with E-state index in [1.54, 1.807) is 53.2 Å². The van der Waals surface area contributed by atoms with Gasteiger partial charge in [0.25, 0.3) is 5.91 Å². The number of hydrogen-bond donors (Lipinski definition) is 3. The van der Waals surface area contributed by atoms with Crippen molar-refractivity contribution >= 4 is 46.4 Å². The summed E-state index contributed by atoms with van der Waals surface area (Å²) in [6.45, 7) is 3.73. The molecule has 1 aliphatic rings. The number of aliphatic hydroxyl groups is 1. The fourth-order valence-corrected chi connectivity index (χ4v) is 5.84. The summed E-state index contributed by atoms with van der Waals surface area (Å²) in [4.78, 5) is 34.0. The Morgan fingerprint density at radius 1 is 1.26 bits per heavy atom. The average Bonchev–Trinajstić information content (AvgIpc) is 3.59. The monoisotopic (exact) mass is 550 g/mol. The molecule has 0 spiro atoms. The first kappa shape index (κ1) is 25.9. The molecule has 3 N–H and O–H groups in total. The minimum absolute atomic E-state index is 0.179. The standard InChI is InChI=1S/C27H27ClN6O3S/c1-15-12-29-23(32-24-7-8-30-33(24)3)11-20(15)22-10-18-13-34(27(37)25(18)38-22)16(2)26(36)31-21(14-35)17-5-4-6-19(28)9-17/h4-12,16,21,35H,13-14H2,1-3H3,(H,29,32)(H,31,36)/t16-,21-/m1/s1. The lowest BCUT2D eigenvalue weighted by Gasteiger charge is -2.26. The third-order valence-corrected chi connectivity index (χ3v) is 8.08. The van der Waals surface area contributed by atoms with Crippen molar-refractivity contribution in [1.82, 2.24) is 25.0 Å². The summed E-state index contributed by atoms with van der Waals surface area (Å²) in [5.41, 5.74) is 3.57. The van der Waals surface area contributed by atoms with E-state index in [0.29, 0.717) is 27.8 Å². The second-order valence-electron chi connectivity index (χ2n) is 9.22. The summed E-state index contributed by atoms with van der Waals surface area (Å²) in [5, 5.41) is 20.6. The molecule has 4 aromatic rings. The fourth-order valence-electron chi connectivity index (χ4n) is 4.44. The highest BCUT2D eigenvalue weighted by molar-refractivity contribution is 7.17. The van der Waals surface area contributed by atoms with Gasteiger partial charge in [-0.1, -0.05) is 23.7 Å². The highest BCUT2D eigenvalue weighted by Gasteiger charge is 2.36. The van der Waals surface area contributed by atoms with Crippen LogP contribution >= 0.6 is 22.9 Å². The average molecular weight is 551 g/mol. The van der Waals surface area contributed by atoms with Gasteiger partial charge in [-0.25, -0.2) is 4.98 Å². The first-order valence-electron chi connectivity index (χ1n) is 12.1. The quantitative estimate of drug-likeness (QED) is 0.299. The number of fused-ring (bicyclic) bond motifs is 1. The van der Waals surface area contributed by atoms with Gasteiger partial charge in [-0.15, -0.1) is 11.3 Å². The summed E-state index contributed by atoms with van der Waals surface area (Å²) in [6, 6.07) is 11.5. The fraction of sp³-hybridized carbons (Fsp3) is 0.259. The van der Waals surface area contributed by atoms with Crippen molar-refractivity contribution in [2.75, 3.05) is 11.9 Å². The number of carbonyl (C=O) groups excluding carboxylic acids is 2. The van der Waals surface area contributed by atoms with Gasteiger partial charge in [0.2, 0.25) is 5.91 Å². The van der Waals surface area contributed by atoms with Gasteiger partial charge in [0.15, 0.2) is 0 Å². The van der Waals surface area contributed by atoms with E-state index in [-0.39, 0.29) is 18.4 Å². The van der Waals surface area contributed by atoms with E-state index in [2.05, 4.69) is 20.7 Å². The Morgan fingerprint density at radius 2 is 2.08 bits per heavy atom. The highest BCUT2D eigenvalue weighted by Crippen LogP contribution is 2.39. The number of carbonyl (C=O) groups is 2. The number of aryl methyl sites for hydroxylation is 2. The largest absolute Gasteiger partial charge is 0.394 e. The minimum atomic E-state index is -0.712. The van der Waals surface area contributed by atoms with E-state index in [1.807, 2.05) is 32.2 Å². The number of pyridine rings is 1. The van der Waals surface area contributed by atoms with Crippen LogP contribution in [0.4, 0.5) is 11.6 Å². The van der Waals surface area contributed by atoms with Gasteiger partial charge in [-0.05, 0) is 60.4 Å². The molecule has 0 saturated heterocycles. The lowest BCUT2D eigenvalue weighted by molar-refractivity contribution is -0.126. The molecule has 0 radical (unpaired) electrons. The molecular formula is C27H27ClN6O3S. The maximum atomic E-state index is 13.3. The zero-order chi connectivity index (χ0) is 27.0. The van der Waals surface area contributed by atoms with E-state index < -0.39 is 12.1 Å². The van der Waals surface area contributed by atoms with Crippen LogP contribution in [0.1, 0.15) is 39.3 Å². The molecule has 11 heteroatoms. The molecule has 0 saturated carbocycles. The molecule has 1 aliphatic heterocycles. The SMILES string of the molecule is Cc1cnc(Nc2ccnn2C)cc1-c1cc2c(s1)C(=O)N([C@H](C)C(=O)N[C@H](CO)c1cccc(Cl)c1)C2. The molecule has 1 aromatic carbocycles. The first-order valence-corrected chi connectivity index (χ1v) is 13.3. The van der Waals surface area contributed by atoms with E-state index in [1.165, 1.54) is 11.3 Å². The van der Waals surface area contributed by atoms with Crippen LogP contribution in [-0.2, 0) is 18.4 Å². The van der Waals surface area contributed by atoms with Crippen LogP contribution in [0.5, 0.6) is 0 Å². The number of benzene rings is 1. The van der Waals surface area contributed by atoms with E-state index in [9.17, 15) is 14.7 Å². The van der Waals surface area contributed by atoms with Crippen LogP contribution in [0.15, 0.2) is 54.9 Å². The number of aliphatic hydroxyl groups excluding tert-OH is 1. The number of nitrogens with zero attached hydrogens (tertiary/aromatic N) is 4. The molecule has 5 rings (SSSR count). The van der Waals surface area contributed by atoms with Gasteiger partial charge in [-0.3, -0.25) is 14.3 Å². The second-order valence-corrected chi connectivity index (χ2v) is 10.7. The van der Waals surface area contributed by atoms with Crippen LogP contribution < -0.4 is 10.6 Å². The maximum Gasteiger partial charge on any atom is 0.265 e. The van der Waals surface area contributed by atoms with Gasteiger partial charge >= 0.3 is 0 Å². The Morgan fingerprint density at radius 3 is 2.76 bits per heavy atom. The van der Waals surface area contributed by atoms with Gasteiger partial charge < -0.3 is 20.6 Å². The zero-order valence-corrected chi connectivity index (χ0v) is 22.7. The number of rotatable bonds is 8. The highest BCUT2D eigenvalue weighted by atomic mass is 35.5. The lowest BCUT2D eigenvalue weighted by atomic mass is 10.1. The normalized spacial score (nSPS) is 14.3. The second kappa shape index (κ2) is 10.6. The van der Waals surface area contributed by atoms with Crippen LogP contribution in [0, 0.1) is 6.92 Å². The molecule has 2 atom stereocenters. The molecular weight excluding hydrogens is 524 g/mol. The molecule has 9 nitrogen and oxygen atoms in total. The summed E-state index contributed by atoms with van der Waals surface area (Å²) >= 11 is 7.48. The van der Waals surface area contributed by atoms with Crippen LogP contribution in [-0.4, -0.2) is 49.2 Å². The summed E-state index contributed by atoms with van der Waals surface area (Å²) in [6.07, 6.45) is 3.51. The third kappa shape index (κ3) is 5.02. The van der Waals surface area contributed by atoms with Crippen molar-refractivity contribution in [3.63, 3.8) is 0 Å². The molecule has 38 heavy (non-hydrogen) atoms. The molecule has 0 unspecified atom stereocenters. The third-order valence-electron chi connectivity index (χ3n) is 6.65. The van der Waals surface area contributed by atoms with E-state index in [4.69, 9.17) is 11.6 Å². The van der Waals surface area contributed by atoms with Crippen molar-refractivity contribution in [3.05, 3.63) is 81.4 Å². The van der Waals surface area contributed by atoms with Gasteiger partial charge in [0.05, 0.1) is 23.7 Å². The summed E-state index contributed by atoms with van der Waals surface area (Å²) in [5.74, 6) is 0.975. The first-order chi connectivity index (χ1) is 18.2. The molecule has 0 bridgehead atoms. The lowest BCUT2D eigenvalue weighted by Crippen LogP contribution is -2.46. The Kier molecular flexibility index (Phi) is 7.20. The number of hydrogen-bond acceptors (Lipinski definition) is 7.